The molecule has 0 aromatic heterocycles. The molecule has 0 spiro atoms. The maximum absolute atomic E-state index is 8.84. The summed E-state index contributed by atoms with van der Waals surface area (Å²) in [6.07, 6.45) is 5.72. The van der Waals surface area contributed by atoms with E-state index in [4.69, 9.17) is 10.2 Å². The van der Waals surface area contributed by atoms with Crippen LogP contribution in [0.1, 0.15) is 0 Å². The molecule has 2 nitrogen and oxygen atoms in total. The van der Waals surface area contributed by atoms with Crippen molar-refractivity contribution >= 4 is 15.9 Å². The van der Waals surface area contributed by atoms with Crippen LogP contribution < -0.4 is 0 Å². The number of aliphatic hydroxyl groups excluding tert-OH is 2. The largest absolute Gasteiger partial charge is 0.393 e. The Bertz CT molecular complexity index is 173. The van der Waals surface area contributed by atoms with Crippen molar-refractivity contribution in [3.8, 4) is 0 Å². The molecular formula is C8H11BrO2. The van der Waals surface area contributed by atoms with Gasteiger partial charge in [0.25, 0.3) is 0 Å². The summed E-state index contributed by atoms with van der Waals surface area (Å²) in [5.41, 5.74) is 0. The molecule has 11 heavy (non-hydrogen) atoms. The van der Waals surface area contributed by atoms with Gasteiger partial charge in [-0.3, -0.25) is 0 Å². The van der Waals surface area contributed by atoms with E-state index in [1.807, 2.05) is 0 Å². The lowest BCUT2D eigenvalue weighted by atomic mass is 10.3. The minimum absolute atomic E-state index is 0.254. The normalized spacial score (nSPS) is 15.4. The Morgan fingerprint density at radius 2 is 2.27 bits per heavy atom. The molecule has 62 valence electrons. The van der Waals surface area contributed by atoms with Gasteiger partial charge in [-0.1, -0.05) is 40.7 Å². The molecule has 0 aromatic rings. The summed E-state index contributed by atoms with van der Waals surface area (Å²) < 4.78 is 0.832. The molecule has 2 N–H and O–H groups in total. The molecule has 0 aliphatic rings. The van der Waals surface area contributed by atoms with Crippen LogP contribution in [0, 0.1) is 0 Å². The molecule has 0 fully saturated rings. The van der Waals surface area contributed by atoms with Crippen molar-refractivity contribution in [2.45, 2.75) is 6.10 Å². The monoisotopic (exact) mass is 218 g/mol. The van der Waals surface area contributed by atoms with E-state index in [1.54, 1.807) is 18.2 Å². The predicted octanol–water partition coefficient (Wildman–Crippen LogP) is 1.36. The lowest BCUT2D eigenvalue weighted by molar-refractivity contribution is 0.131. The first kappa shape index (κ1) is 10.6. The molecule has 0 bridgehead atoms. The SMILES string of the molecule is C=C/C(Br)=C\C=C\C(O)CO. The molecule has 0 aromatic carbocycles. The molecule has 0 radical (unpaired) electrons. The van der Waals surface area contributed by atoms with Gasteiger partial charge in [0, 0.05) is 4.48 Å². The first-order valence-corrected chi connectivity index (χ1v) is 3.95. The van der Waals surface area contributed by atoms with Gasteiger partial charge in [0.2, 0.25) is 0 Å². The van der Waals surface area contributed by atoms with Crippen molar-refractivity contribution in [1.29, 1.82) is 0 Å². The van der Waals surface area contributed by atoms with E-state index >= 15 is 0 Å². The van der Waals surface area contributed by atoms with Crippen LogP contribution >= 0.6 is 15.9 Å². The average molecular weight is 219 g/mol. The van der Waals surface area contributed by atoms with Gasteiger partial charge in [0.15, 0.2) is 0 Å². The zero-order valence-electron chi connectivity index (χ0n) is 6.07. The molecular weight excluding hydrogens is 208 g/mol. The summed E-state index contributed by atoms with van der Waals surface area (Å²) in [5.74, 6) is 0. The van der Waals surface area contributed by atoms with E-state index in [1.165, 1.54) is 6.08 Å². The minimum Gasteiger partial charge on any atom is -0.393 e. The summed E-state index contributed by atoms with van der Waals surface area (Å²) in [6.45, 7) is 3.26. The summed E-state index contributed by atoms with van der Waals surface area (Å²) in [7, 11) is 0. The van der Waals surface area contributed by atoms with Gasteiger partial charge in [0.05, 0.1) is 12.7 Å². The third-order valence-corrected chi connectivity index (χ3v) is 1.56. The van der Waals surface area contributed by atoms with Crippen molar-refractivity contribution in [3.63, 3.8) is 0 Å². The smallest absolute Gasteiger partial charge is 0.0954 e. The van der Waals surface area contributed by atoms with Gasteiger partial charge in [-0.25, -0.2) is 0 Å². The Balaban J connectivity index is 3.84. The van der Waals surface area contributed by atoms with Gasteiger partial charge in [-0.05, 0) is 6.08 Å². The number of hydrogen-bond acceptors (Lipinski definition) is 2. The highest BCUT2D eigenvalue weighted by Crippen LogP contribution is 2.04. The molecule has 0 heterocycles. The molecule has 0 saturated carbocycles. The summed E-state index contributed by atoms with van der Waals surface area (Å²) >= 11 is 3.20. The second-order valence-electron chi connectivity index (χ2n) is 1.89. The molecule has 0 rings (SSSR count). The highest BCUT2D eigenvalue weighted by Gasteiger charge is 1.91. The van der Waals surface area contributed by atoms with Crippen molar-refractivity contribution < 1.29 is 10.2 Å². The summed E-state index contributed by atoms with van der Waals surface area (Å²) in [5, 5.41) is 17.2. The zero-order valence-corrected chi connectivity index (χ0v) is 7.66. The molecule has 0 aliphatic heterocycles. The van der Waals surface area contributed by atoms with E-state index in [-0.39, 0.29) is 6.61 Å². The van der Waals surface area contributed by atoms with Gasteiger partial charge < -0.3 is 10.2 Å². The Kier molecular flexibility index (Phi) is 6.12. The predicted molar refractivity (Wildman–Crippen MR) is 49.4 cm³/mol. The van der Waals surface area contributed by atoms with Crippen LogP contribution in [0.3, 0.4) is 0 Å². The molecule has 0 saturated heterocycles. The van der Waals surface area contributed by atoms with E-state index in [0.717, 1.165) is 4.48 Å². The quantitative estimate of drug-likeness (QED) is 0.701. The third-order valence-electron chi connectivity index (χ3n) is 0.971. The Labute approximate surface area is 74.7 Å². The Morgan fingerprint density at radius 1 is 1.64 bits per heavy atom. The van der Waals surface area contributed by atoms with Crippen molar-refractivity contribution in [3.05, 3.63) is 35.4 Å². The minimum atomic E-state index is -0.781. The van der Waals surface area contributed by atoms with Gasteiger partial charge >= 0.3 is 0 Å². The zero-order chi connectivity index (χ0) is 8.69. The van der Waals surface area contributed by atoms with E-state index < -0.39 is 6.10 Å². The third kappa shape index (κ3) is 6.04. The Hall–Kier alpha value is -0.380. The van der Waals surface area contributed by atoms with Crippen molar-refractivity contribution in [2.24, 2.45) is 0 Å². The first-order chi connectivity index (χ1) is 5.20. The maximum Gasteiger partial charge on any atom is 0.0954 e. The number of rotatable bonds is 4. The lowest BCUT2D eigenvalue weighted by Gasteiger charge is -1.95. The second-order valence-corrected chi connectivity index (χ2v) is 2.81. The van der Waals surface area contributed by atoms with Crippen LogP contribution in [-0.4, -0.2) is 22.9 Å². The molecule has 1 unspecified atom stereocenters. The van der Waals surface area contributed by atoms with Crippen LogP contribution in [-0.2, 0) is 0 Å². The van der Waals surface area contributed by atoms with Crippen LogP contribution in [0.2, 0.25) is 0 Å². The fourth-order valence-electron chi connectivity index (χ4n) is 0.405. The van der Waals surface area contributed by atoms with Crippen molar-refractivity contribution in [2.75, 3.05) is 6.61 Å². The lowest BCUT2D eigenvalue weighted by Crippen LogP contribution is -2.06. The van der Waals surface area contributed by atoms with Gasteiger partial charge in [-0.2, -0.15) is 0 Å². The highest BCUT2D eigenvalue weighted by atomic mass is 79.9. The molecule has 1 atom stereocenters. The standard InChI is InChI=1S/C8H11BrO2/c1-2-7(9)4-3-5-8(11)6-10/h2-5,8,10-11H,1,6H2/b5-3+,7-4+. The molecule has 3 heteroatoms. The average Bonchev–Trinajstić information content (AvgIpc) is 2.04. The number of halogens is 1. The number of aliphatic hydroxyl groups is 2. The van der Waals surface area contributed by atoms with Crippen LogP contribution in [0.5, 0.6) is 0 Å². The Morgan fingerprint density at radius 3 is 2.73 bits per heavy atom. The van der Waals surface area contributed by atoms with Crippen molar-refractivity contribution in [1.82, 2.24) is 0 Å². The van der Waals surface area contributed by atoms with Crippen LogP contribution in [0.4, 0.5) is 0 Å². The summed E-state index contributed by atoms with van der Waals surface area (Å²) in [6, 6.07) is 0. The van der Waals surface area contributed by atoms with Crippen LogP contribution in [0.15, 0.2) is 35.4 Å². The van der Waals surface area contributed by atoms with E-state index in [0.29, 0.717) is 0 Å². The van der Waals surface area contributed by atoms with Gasteiger partial charge in [0.1, 0.15) is 0 Å². The number of allylic oxidation sites excluding steroid dienone is 4. The fourth-order valence-corrected chi connectivity index (χ4v) is 0.557. The van der Waals surface area contributed by atoms with E-state index in [2.05, 4.69) is 22.5 Å². The molecule has 0 aliphatic carbocycles. The topological polar surface area (TPSA) is 40.5 Å². The van der Waals surface area contributed by atoms with Crippen LogP contribution in [0.25, 0.3) is 0 Å². The second kappa shape index (κ2) is 6.34. The summed E-state index contributed by atoms with van der Waals surface area (Å²) in [4.78, 5) is 0. The first-order valence-electron chi connectivity index (χ1n) is 3.16. The maximum atomic E-state index is 8.84. The van der Waals surface area contributed by atoms with Gasteiger partial charge in [-0.15, -0.1) is 0 Å². The highest BCUT2D eigenvalue weighted by molar-refractivity contribution is 9.11. The number of hydrogen-bond donors (Lipinski definition) is 2. The fraction of sp³-hybridized carbons (Fsp3) is 0.250. The molecule has 0 amide bonds. The van der Waals surface area contributed by atoms with E-state index in [9.17, 15) is 0 Å².